The first-order valence-corrected chi connectivity index (χ1v) is 9.22. The first-order valence-electron chi connectivity index (χ1n) is 9.22. The van der Waals surface area contributed by atoms with Crippen LogP contribution in [0.25, 0.3) is 11.1 Å². The normalized spacial score (nSPS) is 12.2. The van der Waals surface area contributed by atoms with Crippen molar-refractivity contribution in [2.45, 2.75) is 25.8 Å². The molecule has 6 heteroatoms. The summed E-state index contributed by atoms with van der Waals surface area (Å²) in [4.78, 5) is 19.0. The lowest BCUT2D eigenvalue weighted by Gasteiger charge is -2.23. The van der Waals surface area contributed by atoms with Crippen LogP contribution in [0, 0.1) is 0 Å². The molecule has 2 heterocycles. The number of amides is 1. The molecule has 1 atom stereocenters. The highest BCUT2D eigenvalue weighted by Gasteiger charge is 2.21. The monoisotopic (exact) mass is 375 g/mol. The van der Waals surface area contributed by atoms with Gasteiger partial charge in [-0.3, -0.25) is 4.79 Å². The van der Waals surface area contributed by atoms with Crippen LogP contribution in [0.5, 0.6) is 0 Å². The number of oxazole rings is 1. The van der Waals surface area contributed by atoms with Gasteiger partial charge >= 0.3 is 0 Å². The van der Waals surface area contributed by atoms with Gasteiger partial charge in [-0.05, 0) is 37.1 Å². The minimum Gasteiger partial charge on any atom is -0.441 e. The van der Waals surface area contributed by atoms with E-state index in [1.54, 1.807) is 36.2 Å². The average Bonchev–Trinajstić information content (AvgIpc) is 3.40. The molecule has 4 rings (SSSR count). The van der Waals surface area contributed by atoms with Crippen LogP contribution in [-0.2, 0) is 12.8 Å². The Balaban J connectivity index is 1.50. The molecule has 0 aliphatic heterocycles. The lowest BCUT2D eigenvalue weighted by atomic mass is 10.1. The average molecular weight is 375 g/mol. The van der Waals surface area contributed by atoms with Gasteiger partial charge in [0.2, 0.25) is 0 Å². The second-order valence-electron chi connectivity index (χ2n) is 6.79. The first-order chi connectivity index (χ1) is 13.6. The zero-order chi connectivity index (χ0) is 19.5. The zero-order valence-electron chi connectivity index (χ0n) is 15.8. The standard InChI is InChI=1S/C22H21N3O3/c1-15(18-12-13-27-24-18)25(2)22(26)17-9-10-20-19(14-17)23-21(28-20)11-8-16-6-4-3-5-7-16/h3-7,9-10,12-15H,8,11H2,1-2H3. The molecule has 1 amide bonds. The van der Waals surface area contributed by atoms with Crippen LogP contribution in [0.4, 0.5) is 0 Å². The summed E-state index contributed by atoms with van der Waals surface area (Å²) in [6, 6.07) is 17.1. The maximum atomic E-state index is 12.9. The minimum absolute atomic E-state index is 0.105. The highest BCUT2D eigenvalue weighted by molar-refractivity contribution is 5.97. The molecule has 0 saturated carbocycles. The van der Waals surface area contributed by atoms with Crippen molar-refractivity contribution < 1.29 is 13.7 Å². The Bertz CT molecular complexity index is 1070. The molecule has 6 nitrogen and oxygen atoms in total. The van der Waals surface area contributed by atoms with Crippen molar-refractivity contribution >= 4 is 17.0 Å². The van der Waals surface area contributed by atoms with E-state index in [0.717, 1.165) is 6.42 Å². The van der Waals surface area contributed by atoms with Crippen LogP contribution >= 0.6 is 0 Å². The molecule has 0 spiro atoms. The van der Waals surface area contributed by atoms with Crippen LogP contribution in [0.15, 0.2) is 69.8 Å². The lowest BCUT2D eigenvalue weighted by molar-refractivity contribution is 0.0737. The first kappa shape index (κ1) is 18.0. The number of aromatic nitrogens is 2. The molecule has 0 fully saturated rings. The molecular formula is C22H21N3O3. The van der Waals surface area contributed by atoms with Gasteiger partial charge < -0.3 is 13.8 Å². The van der Waals surface area contributed by atoms with E-state index >= 15 is 0 Å². The van der Waals surface area contributed by atoms with Crippen LogP contribution < -0.4 is 0 Å². The molecule has 142 valence electrons. The molecule has 0 aliphatic carbocycles. The van der Waals surface area contributed by atoms with Crippen molar-refractivity contribution in [3.63, 3.8) is 0 Å². The second kappa shape index (κ2) is 7.68. The second-order valence-corrected chi connectivity index (χ2v) is 6.79. The van der Waals surface area contributed by atoms with Crippen molar-refractivity contribution in [2.75, 3.05) is 7.05 Å². The van der Waals surface area contributed by atoms with Crippen molar-refractivity contribution in [3.05, 3.63) is 83.6 Å². The van der Waals surface area contributed by atoms with Crippen molar-refractivity contribution in [1.29, 1.82) is 0 Å². The van der Waals surface area contributed by atoms with E-state index in [9.17, 15) is 4.79 Å². The third kappa shape index (κ3) is 3.67. The number of hydrogen-bond acceptors (Lipinski definition) is 5. The van der Waals surface area contributed by atoms with Gasteiger partial charge in [0.05, 0.1) is 6.04 Å². The van der Waals surface area contributed by atoms with Gasteiger partial charge in [0, 0.05) is 25.1 Å². The van der Waals surface area contributed by atoms with Crippen LogP contribution in [-0.4, -0.2) is 28.0 Å². The van der Waals surface area contributed by atoms with Gasteiger partial charge in [0.1, 0.15) is 17.5 Å². The van der Waals surface area contributed by atoms with E-state index in [1.165, 1.54) is 11.8 Å². The molecule has 2 aromatic carbocycles. The number of nitrogens with zero attached hydrogens (tertiary/aromatic N) is 3. The van der Waals surface area contributed by atoms with E-state index in [4.69, 9.17) is 8.94 Å². The van der Waals surface area contributed by atoms with Gasteiger partial charge in [-0.1, -0.05) is 35.5 Å². The SMILES string of the molecule is CC(c1ccon1)N(C)C(=O)c1ccc2oc(CCc3ccccc3)nc2c1. The molecule has 0 saturated heterocycles. The maximum Gasteiger partial charge on any atom is 0.254 e. The Labute approximate surface area is 162 Å². The summed E-state index contributed by atoms with van der Waals surface area (Å²) in [5.41, 5.74) is 3.89. The highest BCUT2D eigenvalue weighted by atomic mass is 16.5. The molecule has 0 radical (unpaired) electrons. The Morgan fingerprint density at radius 3 is 2.68 bits per heavy atom. The van der Waals surface area contributed by atoms with Crippen LogP contribution in [0.1, 0.15) is 40.5 Å². The summed E-state index contributed by atoms with van der Waals surface area (Å²) in [5.74, 6) is 0.569. The van der Waals surface area contributed by atoms with Crippen LogP contribution in [0.3, 0.4) is 0 Å². The summed E-state index contributed by atoms with van der Waals surface area (Å²) < 4.78 is 10.7. The van der Waals surface area contributed by atoms with Gasteiger partial charge in [0.25, 0.3) is 5.91 Å². The number of carbonyl (C=O) groups is 1. The summed E-state index contributed by atoms with van der Waals surface area (Å²) in [5, 5.41) is 3.92. The largest absolute Gasteiger partial charge is 0.441 e. The quantitative estimate of drug-likeness (QED) is 0.498. The molecular weight excluding hydrogens is 354 g/mol. The van der Waals surface area contributed by atoms with E-state index in [1.807, 2.05) is 25.1 Å². The highest BCUT2D eigenvalue weighted by Crippen LogP contribution is 2.22. The van der Waals surface area contributed by atoms with Gasteiger partial charge in [-0.15, -0.1) is 0 Å². The predicted molar refractivity (Wildman–Crippen MR) is 105 cm³/mol. The van der Waals surface area contributed by atoms with E-state index in [0.29, 0.717) is 34.7 Å². The third-order valence-corrected chi connectivity index (χ3v) is 4.94. The van der Waals surface area contributed by atoms with Gasteiger partial charge in [-0.25, -0.2) is 4.98 Å². The number of carbonyl (C=O) groups excluding carboxylic acids is 1. The van der Waals surface area contributed by atoms with Crippen molar-refractivity contribution in [3.8, 4) is 0 Å². The number of benzene rings is 2. The van der Waals surface area contributed by atoms with Crippen LogP contribution in [0.2, 0.25) is 0 Å². The fourth-order valence-corrected chi connectivity index (χ4v) is 3.13. The Morgan fingerprint density at radius 2 is 1.93 bits per heavy atom. The summed E-state index contributed by atoms with van der Waals surface area (Å²) in [6.07, 6.45) is 3.07. The molecule has 2 aromatic heterocycles. The zero-order valence-corrected chi connectivity index (χ0v) is 15.8. The number of rotatable bonds is 6. The lowest BCUT2D eigenvalue weighted by Crippen LogP contribution is -2.29. The summed E-state index contributed by atoms with van der Waals surface area (Å²) in [7, 11) is 1.75. The van der Waals surface area contributed by atoms with Gasteiger partial charge in [0.15, 0.2) is 11.5 Å². The van der Waals surface area contributed by atoms with Gasteiger partial charge in [-0.2, -0.15) is 0 Å². The predicted octanol–water partition coefficient (Wildman–Crippen LogP) is 4.43. The summed E-state index contributed by atoms with van der Waals surface area (Å²) >= 11 is 0. The van der Waals surface area contributed by atoms with E-state index in [2.05, 4.69) is 22.3 Å². The molecule has 0 aliphatic rings. The molecule has 0 N–H and O–H groups in total. The Morgan fingerprint density at radius 1 is 1.11 bits per heavy atom. The Hall–Kier alpha value is -3.41. The Kier molecular flexibility index (Phi) is 4.93. The fourth-order valence-electron chi connectivity index (χ4n) is 3.13. The van der Waals surface area contributed by atoms with E-state index in [-0.39, 0.29) is 11.9 Å². The molecule has 1 unspecified atom stereocenters. The maximum absolute atomic E-state index is 12.9. The minimum atomic E-state index is -0.194. The summed E-state index contributed by atoms with van der Waals surface area (Å²) in [6.45, 7) is 1.91. The topological polar surface area (TPSA) is 72.4 Å². The molecule has 4 aromatic rings. The molecule has 28 heavy (non-hydrogen) atoms. The van der Waals surface area contributed by atoms with Crippen molar-refractivity contribution in [1.82, 2.24) is 15.0 Å². The number of fused-ring (bicyclic) bond motifs is 1. The third-order valence-electron chi connectivity index (χ3n) is 4.94. The number of aryl methyl sites for hydroxylation is 2. The fraction of sp³-hybridized carbons (Fsp3) is 0.227. The number of hydrogen-bond donors (Lipinski definition) is 0. The van der Waals surface area contributed by atoms with E-state index < -0.39 is 0 Å². The smallest absolute Gasteiger partial charge is 0.254 e. The van der Waals surface area contributed by atoms with Crippen molar-refractivity contribution in [2.24, 2.45) is 0 Å². The molecule has 0 bridgehead atoms.